The fraction of sp³-hybridized carbons (Fsp3) is 0. The van der Waals surface area contributed by atoms with E-state index in [0.29, 0.717) is 0 Å². The van der Waals surface area contributed by atoms with Crippen LogP contribution in [0.4, 0.5) is 34.1 Å². The van der Waals surface area contributed by atoms with Gasteiger partial charge in [0.15, 0.2) is 0 Å². The molecule has 2 heteroatoms. The molecule has 62 heavy (non-hydrogen) atoms. The second-order valence-corrected chi connectivity index (χ2v) is 15.4. The van der Waals surface area contributed by atoms with Gasteiger partial charge in [0.2, 0.25) is 0 Å². The highest BCUT2D eigenvalue weighted by Gasteiger charge is 2.19. The Morgan fingerprint density at radius 2 is 0.468 bits per heavy atom. The lowest BCUT2D eigenvalue weighted by molar-refractivity contribution is 1.28. The van der Waals surface area contributed by atoms with Crippen molar-refractivity contribution >= 4 is 34.1 Å². The highest BCUT2D eigenvalue weighted by Crippen LogP contribution is 2.44. The number of hydrogen-bond donors (Lipinski definition) is 0. The smallest absolute Gasteiger partial charge is 0.0540 e. The van der Waals surface area contributed by atoms with Crippen LogP contribution >= 0.6 is 0 Å². The number of anilines is 6. The summed E-state index contributed by atoms with van der Waals surface area (Å²) in [5, 5.41) is 0. The van der Waals surface area contributed by atoms with Crippen LogP contribution in [0.2, 0.25) is 0 Å². The highest BCUT2D eigenvalue weighted by atomic mass is 15.1. The number of benzene rings is 10. The van der Waals surface area contributed by atoms with Gasteiger partial charge >= 0.3 is 0 Å². The third-order valence-electron chi connectivity index (χ3n) is 11.5. The molecule has 2 nitrogen and oxygen atoms in total. The minimum Gasteiger partial charge on any atom is -0.311 e. The maximum atomic E-state index is 2.37. The monoisotopic (exact) mass is 792 g/mol. The van der Waals surface area contributed by atoms with Gasteiger partial charge in [-0.15, -0.1) is 0 Å². The fourth-order valence-corrected chi connectivity index (χ4v) is 8.34. The molecule has 0 unspecified atom stereocenters. The second-order valence-electron chi connectivity index (χ2n) is 15.4. The summed E-state index contributed by atoms with van der Waals surface area (Å²) >= 11 is 0. The van der Waals surface area contributed by atoms with Gasteiger partial charge in [-0.25, -0.2) is 0 Å². The molecule has 294 valence electrons. The lowest BCUT2D eigenvalue weighted by Crippen LogP contribution is -2.11. The lowest BCUT2D eigenvalue weighted by atomic mass is 9.94. The van der Waals surface area contributed by atoms with E-state index < -0.39 is 0 Å². The van der Waals surface area contributed by atoms with Gasteiger partial charge in [0.25, 0.3) is 0 Å². The molecule has 0 bridgehead atoms. The first-order chi connectivity index (χ1) is 30.7. The van der Waals surface area contributed by atoms with Crippen molar-refractivity contribution in [3.63, 3.8) is 0 Å². The summed E-state index contributed by atoms with van der Waals surface area (Å²) in [6, 6.07) is 95.6. The van der Waals surface area contributed by atoms with Crippen LogP contribution in [0.25, 0.3) is 55.6 Å². The minimum atomic E-state index is 1.10. The molecule has 0 atom stereocenters. The normalized spacial score (nSPS) is 10.9. The van der Waals surface area contributed by atoms with Crippen LogP contribution in [-0.4, -0.2) is 0 Å². The molecule has 10 aromatic rings. The first kappa shape index (κ1) is 38.0. The molecule has 0 aliphatic heterocycles. The van der Waals surface area contributed by atoms with Gasteiger partial charge in [-0.2, -0.15) is 0 Å². The average Bonchev–Trinajstić information content (AvgIpc) is 3.36. The SMILES string of the molecule is c1ccc(-c2ccc(N(c3ccccc3)c3ccc(-c4cccc(-c5ccc(N(c6ccccc6)c6ccc(-c7ccccc7)cc6)c(-c6ccccc6)c5)c4)cc3)cc2)cc1. The molecule has 10 rings (SSSR count). The Balaban J connectivity index is 0.994. The van der Waals surface area contributed by atoms with Crippen LogP contribution < -0.4 is 9.80 Å². The van der Waals surface area contributed by atoms with Gasteiger partial charge in [-0.05, 0) is 129 Å². The van der Waals surface area contributed by atoms with Crippen molar-refractivity contribution in [2.24, 2.45) is 0 Å². The maximum absolute atomic E-state index is 2.37. The number of para-hydroxylation sites is 2. The van der Waals surface area contributed by atoms with Gasteiger partial charge in [0.1, 0.15) is 0 Å². The average molecular weight is 793 g/mol. The Hall–Kier alpha value is -8.20. The van der Waals surface area contributed by atoms with Crippen molar-refractivity contribution in [3.05, 3.63) is 267 Å². The Labute approximate surface area is 364 Å². The van der Waals surface area contributed by atoms with Crippen LogP contribution in [0.5, 0.6) is 0 Å². The predicted molar refractivity (Wildman–Crippen MR) is 263 cm³/mol. The van der Waals surface area contributed by atoms with E-state index in [2.05, 4.69) is 277 Å². The largest absolute Gasteiger partial charge is 0.311 e. The van der Waals surface area contributed by atoms with Crippen LogP contribution in [0.3, 0.4) is 0 Å². The van der Waals surface area contributed by atoms with E-state index >= 15 is 0 Å². The molecule has 0 saturated carbocycles. The summed E-state index contributed by atoms with van der Waals surface area (Å²) in [5.41, 5.74) is 18.4. The van der Waals surface area contributed by atoms with Crippen LogP contribution in [-0.2, 0) is 0 Å². The Kier molecular flexibility index (Phi) is 10.8. The molecule has 0 aromatic heterocycles. The van der Waals surface area contributed by atoms with Crippen molar-refractivity contribution in [2.75, 3.05) is 9.80 Å². The number of nitrogens with zero attached hydrogens (tertiary/aromatic N) is 2. The summed E-state index contributed by atoms with van der Waals surface area (Å²) in [4.78, 5) is 4.69. The van der Waals surface area contributed by atoms with Gasteiger partial charge in [0, 0.05) is 34.0 Å². The summed E-state index contributed by atoms with van der Waals surface area (Å²) in [7, 11) is 0. The van der Waals surface area contributed by atoms with Gasteiger partial charge < -0.3 is 9.80 Å². The van der Waals surface area contributed by atoms with Crippen LogP contribution in [0.15, 0.2) is 267 Å². The third kappa shape index (κ3) is 8.06. The van der Waals surface area contributed by atoms with E-state index in [9.17, 15) is 0 Å². The van der Waals surface area contributed by atoms with E-state index in [1.54, 1.807) is 0 Å². The first-order valence-electron chi connectivity index (χ1n) is 21.2. The Morgan fingerprint density at radius 3 is 0.935 bits per heavy atom. The summed E-state index contributed by atoms with van der Waals surface area (Å²) < 4.78 is 0. The van der Waals surface area contributed by atoms with E-state index in [4.69, 9.17) is 0 Å². The topological polar surface area (TPSA) is 6.48 Å². The Morgan fingerprint density at radius 1 is 0.177 bits per heavy atom. The molecule has 0 aliphatic carbocycles. The van der Waals surface area contributed by atoms with Gasteiger partial charge in [0.05, 0.1) is 5.69 Å². The quantitative estimate of drug-likeness (QED) is 0.129. The molecule has 0 aliphatic rings. The van der Waals surface area contributed by atoms with Crippen molar-refractivity contribution in [3.8, 4) is 55.6 Å². The van der Waals surface area contributed by atoms with E-state index in [0.717, 1.165) is 56.4 Å². The molecule has 0 amide bonds. The molecule has 0 saturated heterocycles. The minimum absolute atomic E-state index is 1.10. The van der Waals surface area contributed by atoms with E-state index in [1.807, 2.05) is 0 Å². The molecule has 0 radical (unpaired) electrons. The van der Waals surface area contributed by atoms with Crippen LogP contribution in [0.1, 0.15) is 0 Å². The van der Waals surface area contributed by atoms with Gasteiger partial charge in [-0.3, -0.25) is 0 Å². The van der Waals surface area contributed by atoms with Crippen molar-refractivity contribution in [1.82, 2.24) is 0 Å². The summed E-state index contributed by atoms with van der Waals surface area (Å²) in [6.45, 7) is 0. The third-order valence-corrected chi connectivity index (χ3v) is 11.5. The standard InChI is InChI=1S/C60H44N2/c1-6-17-45(18-7-1)47-29-36-56(37-30-47)61(54-25-12-4-13-26-54)57-38-33-49(34-39-57)51-23-16-24-52(43-51)53-35-42-60(59(44-53)50-21-10-3-11-22-50)62(55-27-14-5-15-28-55)58-40-31-48(32-41-58)46-19-8-2-9-20-46/h1-44H. The molecule has 10 aromatic carbocycles. The zero-order valence-corrected chi connectivity index (χ0v) is 34.3. The number of rotatable bonds is 11. The second kappa shape index (κ2) is 17.6. The lowest BCUT2D eigenvalue weighted by Gasteiger charge is -2.28. The molecular formula is C60H44N2. The highest BCUT2D eigenvalue weighted by molar-refractivity contribution is 5.91. The van der Waals surface area contributed by atoms with Crippen LogP contribution in [0, 0.1) is 0 Å². The zero-order chi connectivity index (χ0) is 41.5. The van der Waals surface area contributed by atoms with E-state index in [-0.39, 0.29) is 0 Å². The number of hydrogen-bond acceptors (Lipinski definition) is 2. The predicted octanol–water partition coefficient (Wildman–Crippen LogP) is 17.0. The molecular weight excluding hydrogens is 749 g/mol. The van der Waals surface area contributed by atoms with Crippen molar-refractivity contribution < 1.29 is 0 Å². The zero-order valence-electron chi connectivity index (χ0n) is 34.3. The molecule has 0 fully saturated rings. The van der Waals surface area contributed by atoms with Gasteiger partial charge in [-0.1, -0.05) is 188 Å². The van der Waals surface area contributed by atoms with Crippen molar-refractivity contribution in [2.45, 2.75) is 0 Å². The van der Waals surface area contributed by atoms with Crippen molar-refractivity contribution in [1.29, 1.82) is 0 Å². The Bertz CT molecular complexity index is 3000. The molecule has 0 heterocycles. The first-order valence-corrected chi connectivity index (χ1v) is 21.2. The molecule has 0 spiro atoms. The fourth-order valence-electron chi connectivity index (χ4n) is 8.34. The van der Waals surface area contributed by atoms with E-state index in [1.165, 1.54) is 33.4 Å². The molecule has 0 N–H and O–H groups in total. The maximum Gasteiger partial charge on any atom is 0.0540 e. The summed E-state index contributed by atoms with van der Waals surface area (Å²) in [5.74, 6) is 0. The summed E-state index contributed by atoms with van der Waals surface area (Å²) in [6.07, 6.45) is 0.